The van der Waals surface area contributed by atoms with Crippen LogP contribution in [0, 0.1) is 17.3 Å². The van der Waals surface area contributed by atoms with Crippen LogP contribution in [0.25, 0.3) is 0 Å². The van der Waals surface area contributed by atoms with E-state index in [9.17, 15) is 0 Å². The highest BCUT2D eigenvalue weighted by Gasteiger charge is 2.28. The van der Waals surface area contributed by atoms with E-state index in [-0.39, 0.29) is 0 Å². The maximum Gasteiger partial charge on any atom is 0.0198 e. The van der Waals surface area contributed by atoms with Crippen molar-refractivity contribution >= 4 is 0 Å². The lowest BCUT2D eigenvalue weighted by Crippen LogP contribution is -2.49. The number of hydrogen-bond donors (Lipinski definition) is 1. The lowest BCUT2D eigenvalue weighted by atomic mass is 9.80. The van der Waals surface area contributed by atoms with Gasteiger partial charge in [0.05, 0.1) is 0 Å². The van der Waals surface area contributed by atoms with Crippen molar-refractivity contribution in [2.45, 2.75) is 71.8 Å². The molecule has 2 fully saturated rings. The van der Waals surface area contributed by atoms with Gasteiger partial charge in [0.2, 0.25) is 0 Å². The van der Waals surface area contributed by atoms with Gasteiger partial charge in [-0.2, -0.15) is 0 Å². The fourth-order valence-electron chi connectivity index (χ4n) is 4.33. The molecule has 20 heavy (non-hydrogen) atoms. The second kappa shape index (κ2) is 7.26. The Labute approximate surface area is 126 Å². The number of likely N-dealkylation sites (tertiary alicyclic amines) is 1. The molecule has 0 amide bonds. The molecule has 1 N–H and O–H groups in total. The van der Waals surface area contributed by atoms with E-state index in [2.05, 4.69) is 38.0 Å². The van der Waals surface area contributed by atoms with Gasteiger partial charge in [0.25, 0.3) is 0 Å². The fraction of sp³-hybridized carbons (Fsp3) is 1.00. The third-order valence-corrected chi connectivity index (χ3v) is 5.04. The molecule has 118 valence electrons. The van der Waals surface area contributed by atoms with Crippen LogP contribution < -0.4 is 5.32 Å². The molecule has 1 saturated carbocycles. The first-order valence-corrected chi connectivity index (χ1v) is 8.84. The van der Waals surface area contributed by atoms with Gasteiger partial charge in [0.15, 0.2) is 0 Å². The van der Waals surface area contributed by atoms with Crippen LogP contribution in [0.5, 0.6) is 0 Å². The minimum absolute atomic E-state index is 0.469. The summed E-state index contributed by atoms with van der Waals surface area (Å²) in [5, 5.41) is 3.90. The average Bonchev–Trinajstić information content (AvgIpc) is 2.35. The van der Waals surface area contributed by atoms with E-state index in [1.54, 1.807) is 0 Å². The number of nitrogens with one attached hydrogen (secondary N) is 1. The van der Waals surface area contributed by atoms with Crippen LogP contribution in [0.15, 0.2) is 0 Å². The molecule has 2 atom stereocenters. The van der Waals surface area contributed by atoms with Crippen molar-refractivity contribution in [3.8, 4) is 0 Å². The van der Waals surface area contributed by atoms with Gasteiger partial charge in [0.1, 0.15) is 0 Å². The van der Waals surface area contributed by atoms with Crippen molar-refractivity contribution in [3.05, 3.63) is 0 Å². The van der Waals surface area contributed by atoms with Crippen molar-refractivity contribution in [3.63, 3.8) is 0 Å². The molecule has 1 heterocycles. The summed E-state index contributed by atoms with van der Waals surface area (Å²) in [4.78, 5) is 2.54. The lowest BCUT2D eigenvalue weighted by molar-refractivity contribution is 0.131. The second-order valence-corrected chi connectivity index (χ2v) is 8.70. The van der Waals surface area contributed by atoms with Gasteiger partial charge in [-0.25, -0.2) is 0 Å². The van der Waals surface area contributed by atoms with Gasteiger partial charge in [-0.1, -0.05) is 40.0 Å². The minimum atomic E-state index is 0.469. The van der Waals surface area contributed by atoms with E-state index in [1.165, 1.54) is 64.6 Å². The number of nitrogens with zero attached hydrogens (tertiary/aromatic N) is 1. The molecule has 2 heteroatoms. The summed E-state index contributed by atoms with van der Waals surface area (Å²) >= 11 is 0. The summed E-state index contributed by atoms with van der Waals surface area (Å²) in [5.74, 6) is 1.83. The molecule has 0 radical (unpaired) electrons. The number of rotatable bonds is 4. The minimum Gasteiger partial charge on any atom is -0.312 e. The van der Waals surface area contributed by atoms with Gasteiger partial charge < -0.3 is 10.2 Å². The average molecular weight is 280 g/mol. The topological polar surface area (TPSA) is 15.3 Å². The summed E-state index contributed by atoms with van der Waals surface area (Å²) in [6.07, 6.45) is 10.1. The summed E-state index contributed by atoms with van der Waals surface area (Å²) in [6.45, 7) is 10.9. The lowest BCUT2D eigenvalue weighted by Gasteiger charge is -2.39. The van der Waals surface area contributed by atoms with Gasteiger partial charge in [-0.3, -0.25) is 0 Å². The van der Waals surface area contributed by atoms with E-state index in [4.69, 9.17) is 0 Å². The molecule has 2 nitrogen and oxygen atoms in total. The molecule has 2 unspecified atom stereocenters. The maximum absolute atomic E-state index is 3.90. The molecule has 1 aliphatic carbocycles. The van der Waals surface area contributed by atoms with E-state index >= 15 is 0 Å². The molecule has 0 bridgehead atoms. The molecule has 2 aliphatic rings. The molecular formula is C18H36N2. The molecule has 0 aromatic heterocycles. The van der Waals surface area contributed by atoms with Gasteiger partial charge >= 0.3 is 0 Å². The first kappa shape index (κ1) is 16.3. The zero-order valence-electron chi connectivity index (χ0n) is 14.3. The Kier molecular flexibility index (Phi) is 5.92. The van der Waals surface area contributed by atoms with Crippen LogP contribution in [0.1, 0.15) is 65.7 Å². The molecule has 2 rings (SSSR count). The largest absolute Gasteiger partial charge is 0.312 e. The van der Waals surface area contributed by atoms with E-state index in [1.807, 2.05) is 0 Å². The van der Waals surface area contributed by atoms with Crippen LogP contribution in [-0.2, 0) is 0 Å². The number of piperidine rings is 1. The Morgan fingerprint density at radius 2 is 1.70 bits per heavy atom. The maximum atomic E-state index is 3.90. The Morgan fingerprint density at radius 1 is 1.00 bits per heavy atom. The summed E-state index contributed by atoms with van der Waals surface area (Å²) in [5.41, 5.74) is 0.469. The van der Waals surface area contributed by atoms with Crippen LogP contribution in [-0.4, -0.2) is 37.6 Å². The Morgan fingerprint density at radius 3 is 2.35 bits per heavy atom. The predicted molar refractivity (Wildman–Crippen MR) is 88.0 cm³/mol. The highest BCUT2D eigenvalue weighted by Crippen LogP contribution is 2.30. The molecule has 0 aromatic rings. The van der Waals surface area contributed by atoms with E-state index < -0.39 is 0 Å². The van der Waals surface area contributed by atoms with Gasteiger partial charge in [-0.05, 0) is 56.5 Å². The fourth-order valence-corrected chi connectivity index (χ4v) is 4.33. The smallest absolute Gasteiger partial charge is 0.0198 e. The predicted octanol–water partition coefficient (Wildman–Crippen LogP) is 3.91. The summed E-state index contributed by atoms with van der Waals surface area (Å²) in [7, 11) is 2.30. The molecule has 1 saturated heterocycles. The highest BCUT2D eigenvalue weighted by atomic mass is 15.1. The SMILES string of the molecule is CN1CC(CC(C)(C)C)CC(NCC2CCCCC2)C1. The van der Waals surface area contributed by atoms with Crippen molar-refractivity contribution in [2.24, 2.45) is 17.3 Å². The van der Waals surface area contributed by atoms with E-state index in [0.29, 0.717) is 5.41 Å². The number of likely N-dealkylation sites (N-methyl/N-ethyl adjacent to an activating group) is 1. The highest BCUT2D eigenvalue weighted by molar-refractivity contribution is 4.85. The van der Waals surface area contributed by atoms with Crippen LogP contribution in [0.4, 0.5) is 0 Å². The Bertz CT molecular complexity index is 276. The quantitative estimate of drug-likeness (QED) is 0.840. The first-order valence-electron chi connectivity index (χ1n) is 8.84. The van der Waals surface area contributed by atoms with Crippen molar-refractivity contribution in [1.82, 2.24) is 10.2 Å². The molecular weight excluding hydrogens is 244 g/mol. The second-order valence-electron chi connectivity index (χ2n) is 8.70. The standard InChI is InChI=1S/C18H36N2/c1-18(2,3)11-16-10-17(14-20(4)13-16)19-12-15-8-6-5-7-9-15/h15-17,19H,5-14H2,1-4H3. The summed E-state index contributed by atoms with van der Waals surface area (Å²) < 4.78 is 0. The molecule has 1 aliphatic heterocycles. The zero-order chi connectivity index (χ0) is 14.6. The normalized spacial score (nSPS) is 30.6. The summed E-state index contributed by atoms with van der Waals surface area (Å²) in [6, 6.07) is 0.725. The number of hydrogen-bond acceptors (Lipinski definition) is 2. The molecule has 0 spiro atoms. The van der Waals surface area contributed by atoms with Crippen molar-refractivity contribution in [1.29, 1.82) is 0 Å². The van der Waals surface area contributed by atoms with Crippen molar-refractivity contribution < 1.29 is 0 Å². The van der Waals surface area contributed by atoms with Crippen molar-refractivity contribution in [2.75, 3.05) is 26.7 Å². The van der Waals surface area contributed by atoms with Crippen LogP contribution >= 0.6 is 0 Å². The Balaban J connectivity index is 1.75. The van der Waals surface area contributed by atoms with Crippen LogP contribution in [0.2, 0.25) is 0 Å². The zero-order valence-corrected chi connectivity index (χ0v) is 14.3. The Hall–Kier alpha value is -0.0800. The van der Waals surface area contributed by atoms with E-state index in [0.717, 1.165) is 17.9 Å². The third-order valence-electron chi connectivity index (χ3n) is 5.04. The van der Waals surface area contributed by atoms with Crippen LogP contribution in [0.3, 0.4) is 0 Å². The monoisotopic (exact) mass is 280 g/mol. The molecule has 0 aromatic carbocycles. The third kappa shape index (κ3) is 5.73. The first-order chi connectivity index (χ1) is 9.42. The van der Waals surface area contributed by atoms with Gasteiger partial charge in [0, 0.05) is 19.1 Å². The van der Waals surface area contributed by atoms with Gasteiger partial charge in [-0.15, -0.1) is 0 Å².